The fourth-order valence-corrected chi connectivity index (χ4v) is 6.26. The van der Waals surface area contributed by atoms with E-state index in [2.05, 4.69) is 0 Å². The van der Waals surface area contributed by atoms with Crippen molar-refractivity contribution in [2.24, 2.45) is 0 Å². The lowest BCUT2D eigenvalue weighted by Gasteiger charge is -2.26. The first-order chi connectivity index (χ1) is 16.5. The number of fused-ring (bicyclic) bond motifs is 1. The molecule has 0 unspecified atom stereocenters. The van der Waals surface area contributed by atoms with Gasteiger partial charge in [-0.05, 0) is 36.2 Å². The van der Waals surface area contributed by atoms with Crippen LogP contribution < -0.4 is 4.90 Å². The predicted molar refractivity (Wildman–Crippen MR) is 132 cm³/mol. The molecule has 0 N–H and O–H groups in total. The number of morpholine rings is 1. The van der Waals surface area contributed by atoms with Crippen LogP contribution in [0.2, 0.25) is 0 Å². The number of carbonyl (C=O) groups excluding carboxylic acids is 2. The first-order valence-corrected chi connectivity index (χ1v) is 12.9. The number of benzene rings is 2. The zero-order chi connectivity index (χ0) is 25.4. The maximum Gasteiger partial charge on any atom is 0.338 e. The minimum absolute atomic E-state index is 0.0504. The van der Waals surface area contributed by atoms with E-state index in [1.165, 1.54) is 22.5 Å². The molecule has 0 bridgehead atoms. The van der Waals surface area contributed by atoms with Gasteiger partial charge in [-0.2, -0.15) is 4.31 Å². The summed E-state index contributed by atoms with van der Waals surface area (Å²) in [5.74, 6) is -1.10. The summed E-state index contributed by atoms with van der Waals surface area (Å²) in [5, 5.41) is 0. The van der Waals surface area contributed by atoms with E-state index in [4.69, 9.17) is 9.47 Å². The molecule has 2 aliphatic heterocycles. The Morgan fingerprint density at radius 3 is 2.49 bits per heavy atom. The number of nitrogens with zero attached hydrogens (tertiary/aromatic N) is 2. The van der Waals surface area contributed by atoms with Gasteiger partial charge in [0.15, 0.2) is 12.4 Å². The first kappa shape index (κ1) is 25.1. The number of anilines is 1. The summed E-state index contributed by atoms with van der Waals surface area (Å²) in [7, 11) is -1.87. The van der Waals surface area contributed by atoms with Gasteiger partial charge >= 0.3 is 5.97 Å². The average Bonchev–Trinajstić information content (AvgIpc) is 3.04. The van der Waals surface area contributed by atoms with Crippen LogP contribution in [0.5, 0.6) is 0 Å². The number of allylic oxidation sites excluding steroid dienone is 1. The summed E-state index contributed by atoms with van der Waals surface area (Å²) in [5.41, 5.74) is 3.20. The molecule has 1 saturated heterocycles. The number of para-hydroxylation sites is 1. The molecule has 2 aliphatic rings. The molecule has 0 saturated carbocycles. The molecule has 2 aromatic carbocycles. The Hall–Kier alpha value is -3.01. The molecule has 186 valence electrons. The predicted octanol–water partition coefficient (Wildman–Crippen LogP) is 3.05. The number of sulfonamides is 1. The van der Waals surface area contributed by atoms with E-state index < -0.39 is 22.6 Å². The molecule has 0 amide bonds. The van der Waals surface area contributed by atoms with E-state index in [0.29, 0.717) is 18.8 Å². The molecule has 4 rings (SSSR count). The van der Waals surface area contributed by atoms with E-state index in [-0.39, 0.29) is 34.7 Å². The van der Waals surface area contributed by atoms with Crippen molar-refractivity contribution >= 4 is 27.5 Å². The van der Waals surface area contributed by atoms with Crippen molar-refractivity contribution in [3.63, 3.8) is 0 Å². The molecule has 2 heterocycles. The van der Waals surface area contributed by atoms with Crippen LogP contribution in [-0.4, -0.2) is 64.4 Å². The number of rotatable bonds is 6. The first-order valence-electron chi connectivity index (χ1n) is 11.5. The summed E-state index contributed by atoms with van der Waals surface area (Å²) >= 11 is 0. The molecule has 35 heavy (non-hydrogen) atoms. The topological polar surface area (TPSA) is 93.2 Å². The fourth-order valence-electron chi connectivity index (χ4n) is 4.60. The third-order valence-corrected chi connectivity index (χ3v) is 8.64. The lowest BCUT2D eigenvalue weighted by Crippen LogP contribution is -2.40. The van der Waals surface area contributed by atoms with Gasteiger partial charge in [-0.25, -0.2) is 13.2 Å². The van der Waals surface area contributed by atoms with Crippen LogP contribution in [0.15, 0.2) is 59.1 Å². The summed E-state index contributed by atoms with van der Waals surface area (Å²) in [6.45, 7) is 6.50. The summed E-state index contributed by atoms with van der Waals surface area (Å²) < 4.78 is 38.0. The molecule has 0 atom stereocenters. The van der Waals surface area contributed by atoms with E-state index in [1.807, 2.05) is 50.1 Å². The van der Waals surface area contributed by atoms with Crippen LogP contribution in [0.4, 0.5) is 5.69 Å². The van der Waals surface area contributed by atoms with E-state index in [9.17, 15) is 18.0 Å². The van der Waals surface area contributed by atoms with Crippen molar-refractivity contribution in [2.45, 2.75) is 31.1 Å². The van der Waals surface area contributed by atoms with Crippen LogP contribution in [-0.2, 0) is 29.7 Å². The zero-order valence-electron chi connectivity index (χ0n) is 20.4. The van der Waals surface area contributed by atoms with E-state index >= 15 is 0 Å². The number of ether oxygens (including phenoxy) is 2. The van der Waals surface area contributed by atoms with Crippen molar-refractivity contribution in [2.75, 3.05) is 44.9 Å². The van der Waals surface area contributed by atoms with Gasteiger partial charge in [0.1, 0.15) is 0 Å². The molecular formula is C26H30N2O6S. The van der Waals surface area contributed by atoms with Crippen molar-refractivity contribution in [1.29, 1.82) is 0 Å². The smallest absolute Gasteiger partial charge is 0.338 e. The Morgan fingerprint density at radius 1 is 1.11 bits per heavy atom. The molecule has 1 fully saturated rings. The lowest BCUT2D eigenvalue weighted by atomic mass is 9.83. The number of esters is 1. The minimum atomic E-state index is -3.78. The van der Waals surface area contributed by atoms with Gasteiger partial charge in [-0.15, -0.1) is 0 Å². The number of hydrogen-bond donors (Lipinski definition) is 0. The normalized spacial score (nSPS) is 19.0. The van der Waals surface area contributed by atoms with Gasteiger partial charge in [0.25, 0.3) is 0 Å². The zero-order valence-corrected chi connectivity index (χ0v) is 21.2. The number of hydrogen-bond acceptors (Lipinski definition) is 7. The molecule has 0 aliphatic carbocycles. The Bertz CT molecular complexity index is 1290. The maximum absolute atomic E-state index is 13.1. The van der Waals surface area contributed by atoms with Crippen LogP contribution in [0.25, 0.3) is 0 Å². The molecule has 2 aromatic rings. The highest BCUT2D eigenvalue weighted by molar-refractivity contribution is 7.89. The van der Waals surface area contributed by atoms with Gasteiger partial charge in [0.2, 0.25) is 10.0 Å². The monoisotopic (exact) mass is 498 g/mol. The quantitative estimate of drug-likeness (QED) is 0.446. The number of ketones is 1. The van der Waals surface area contributed by atoms with Crippen molar-refractivity contribution < 1.29 is 27.5 Å². The Morgan fingerprint density at radius 2 is 1.80 bits per heavy atom. The van der Waals surface area contributed by atoms with Crippen LogP contribution in [0, 0.1) is 6.92 Å². The molecule has 8 nitrogen and oxygen atoms in total. The fraction of sp³-hybridized carbons (Fsp3) is 0.385. The molecule has 0 radical (unpaired) electrons. The third-order valence-electron chi connectivity index (χ3n) is 6.60. The van der Waals surface area contributed by atoms with E-state index in [1.54, 1.807) is 13.0 Å². The standard InChI is InChI=1S/C26H30N2O6S/c1-18-9-10-19(15-23(18)35(31,32)28-11-13-33-14-12-28)25(30)34-17-20(29)16-24-26(2,3)21-7-5-6-8-22(21)27(24)4/h5-10,15-16H,11-14,17H2,1-4H3/b24-16-. The summed E-state index contributed by atoms with van der Waals surface area (Å²) in [4.78, 5) is 27.4. The van der Waals surface area contributed by atoms with Crippen molar-refractivity contribution in [3.8, 4) is 0 Å². The Labute approximate surface area is 206 Å². The number of aryl methyl sites for hydroxylation is 1. The average molecular weight is 499 g/mol. The molecule has 0 aromatic heterocycles. The molecule has 0 spiro atoms. The van der Waals surface area contributed by atoms with Crippen molar-refractivity contribution in [1.82, 2.24) is 4.31 Å². The maximum atomic E-state index is 13.1. The van der Waals surface area contributed by atoms with Crippen molar-refractivity contribution in [3.05, 3.63) is 70.9 Å². The molecular weight excluding hydrogens is 468 g/mol. The van der Waals surface area contributed by atoms with Gasteiger partial charge < -0.3 is 14.4 Å². The van der Waals surface area contributed by atoms with Gasteiger partial charge in [0, 0.05) is 43.0 Å². The number of carbonyl (C=O) groups is 2. The summed E-state index contributed by atoms with van der Waals surface area (Å²) in [6.07, 6.45) is 1.51. The SMILES string of the molecule is Cc1ccc(C(=O)OCC(=O)/C=C2\N(C)c3ccccc3C2(C)C)cc1S(=O)(=O)N1CCOCC1. The number of likely N-dealkylation sites (N-methyl/N-ethyl adjacent to an activating group) is 1. The Balaban J connectivity index is 1.48. The highest BCUT2D eigenvalue weighted by Gasteiger charge is 2.38. The van der Waals surface area contributed by atoms with Crippen LogP contribution in [0.3, 0.4) is 0 Å². The third kappa shape index (κ3) is 4.76. The van der Waals surface area contributed by atoms with Crippen LogP contribution >= 0.6 is 0 Å². The van der Waals surface area contributed by atoms with Gasteiger partial charge in [-0.1, -0.05) is 38.1 Å². The highest BCUT2D eigenvalue weighted by Crippen LogP contribution is 2.46. The second-order valence-corrected chi connectivity index (χ2v) is 11.2. The van der Waals surface area contributed by atoms with E-state index in [0.717, 1.165) is 16.9 Å². The second-order valence-electron chi connectivity index (χ2n) is 9.27. The van der Waals surface area contributed by atoms with Gasteiger partial charge in [0.05, 0.1) is 23.7 Å². The largest absolute Gasteiger partial charge is 0.454 e. The highest BCUT2D eigenvalue weighted by atomic mass is 32.2. The molecule has 9 heteroatoms. The lowest BCUT2D eigenvalue weighted by molar-refractivity contribution is -0.117. The second kappa shape index (κ2) is 9.56. The van der Waals surface area contributed by atoms with Crippen LogP contribution in [0.1, 0.15) is 35.3 Å². The summed E-state index contributed by atoms with van der Waals surface area (Å²) in [6, 6.07) is 12.4. The minimum Gasteiger partial charge on any atom is -0.454 e. The Kier molecular flexibility index (Phi) is 6.86. The van der Waals surface area contributed by atoms with Gasteiger partial charge in [-0.3, -0.25) is 4.79 Å².